The predicted octanol–water partition coefficient (Wildman–Crippen LogP) is 2.87. The third-order valence-electron chi connectivity index (χ3n) is 6.83. The molecule has 0 bridgehead atoms. The van der Waals surface area contributed by atoms with E-state index >= 15 is 0 Å². The molecule has 5 heterocycles. The van der Waals surface area contributed by atoms with Crippen LogP contribution >= 0.6 is 0 Å². The standard InChI is InChI=1S/C26H31N7O2/c1-17-21(14-29-25-23(17)28-7-10-35-25)24-20-5-6-27-15-22(20)31-26(32-24)30-19-4-2-3-18(13-19)16-33-8-11-34-12-9-33/h2-4,13-14,27-28H,5-12,15-16H2,1H3,(H,30,31,32). The number of ether oxygens (including phenoxy) is 2. The van der Waals surface area contributed by atoms with Crippen LogP contribution in [0.1, 0.15) is 22.4 Å². The molecule has 3 aliphatic heterocycles. The van der Waals surface area contributed by atoms with Crippen LogP contribution in [-0.2, 0) is 24.2 Å². The van der Waals surface area contributed by atoms with E-state index in [0.717, 1.165) is 92.8 Å². The van der Waals surface area contributed by atoms with Gasteiger partial charge in [-0.05, 0) is 43.1 Å². The molecule has 0 atom stereocenters. The van der Waals surface area contributed by atoms with E-state index in [-0.39, 0.29) is 0 Å². The summed E-state index contributed by atoms with van der Waals surface area (Å²) in [5, 5.41) is 10.4. The fraction of sp³-hybridized carbons (Fsp3) is 0.423. The summed E-state index contributed by atoms with van der Waals surface area (Å²) < 4.78 is 11.2. The van der Waals surface area contributed by atoms with Gasteiger partial charge in [0.15, 0.2) is 0 Å². The molecule has 1 fully saturated rings. The molecule has 3 aliphatic rings. The van der Waals surface area contributed by atoms with E-state index in [0.29, 0.717) is 18.4 Å². The minimum absolute atomic E-state index is 0.604. The molecule has 3 aromatic rings. The lowest BCUT2D eigenvalue weighted by Crippen LogP contribution is -2.35. The van der Waals surface area contributed by atoms with Gasteiger partial charge in [0, 0.05) is 55.7 Å². The topological polar surface area (TPSA) is 96.5 Å². The average molecular weight is 474 g/mol. The molecule has 35 heavy (non-hydrogen) atoms. The molecule has 9 heteroatoms. The van der Waals surface area contributed by atoms with Crippen molar-refractivity contribution in [3.63, 3.8) is 0 Å². The van der Waals surface area contributed by atoms with Gasteiger partial charge in [0.1, 0.15) is 12.3 Å². The second-order valence-corrected chi connectivity index (χ2v) is 9.21. The molecule has 2 aromatic heterocycles. The van der Waals surface area contributed by atoms with Gasteiger partial charge in [0.25, 0.3) is 0 Å². The Bertz CT molecular complexity index is 1230. The summed E-state index contributed by atoms with van der Waals surface area (Å²) in [6, 6.07) is 8.50. The van der Waals surface area contributed by atoms with Crippen molar-refractivity contribution in [3.05, 3.63) is 52.8 Å². The average Bonchev–Trinajstić information content (AvgIpc) is 2.90. The Morgan fingerprint density at radius 1 is 1.11 bits per heavy atom. The zero-order chi connectivity index (χ0) is 23.6. The van der Waals surface area contributed by atoms with Crippen molar-refractivity contribution in [2.45, 2.75) is 26.4 Å². The van der Waals surface area contributed by atoms with Crippen LogP contribution in [-0.4, -0.2) is 65.9 Å². The zero-order valence-electron chi connectivity index (χ0n) is 20.1. The molecule has 0 amide bonds. The van der Waals surface area contributed by atoms with Gasteiger partial charge in [0.2, 0.25) is 11.8 Å². The highest BCUT2D eigenvalue weighted by atomic mass is 16.5. The predicted molar refractivity (Wildman–Crippen MR) is 135 cm³/mol. The highest BCUT2D eigenvalue weighted by Gasteiger charge is 2.23. The molecular weight excluding hydrogens is 442 g/mol. The van der Waals surface area contributed by atoms with Crippen LogP contribution in [0.15, 0.2) is 30.5 Å². The number of pyridine rings is 1. The van der Waals surface area contributed by atoms with Gasteiger partial charge in [-0.25, -0.2) is 15.0 Å². The molecule has 0 saturated carbocycles. The molecule has 182 valence electrons. The Kier molecular flexibility index (Phi) is 6.20. The maximum absolute atomic E-state index is 5.74. The third-order valence-corrected chi connectivity index (χ3v) is 6.83. The second kappa shape index (κ2) is 9.77. The minimum Gasteiger partial charge on any atom is -0.474 e. The van der Waals surface area contributed by atoms with Gasteiger partial charge < -0.3 is 25.4 Å². The highest BCUT2D eigenvalue weighted by Crippen LogP contribution is 2.37. The van der Waals surface area contributed by atoms with Crippen LogP contribution in [0.25, 0.3) is 11.3 Å². The molecule has 0 aliphatic carbocycles. The summed E-state index contributed by atoms with van der Waals surface area (Å²) in [6.07, 6.45) is 2.78. The van der Waals surface area contributed by atoms with Crippen LogP contribution in [0.3, 0.4) is 0 Å². The first kappa shape index (κ1) is 22.2. The first-order valence-electron chi connectivity index (χ1n) is 12.4. The Morgan fingerprint density at radius 2 is 2.03 bits per heavy atom. The number of rotatable bonds is 5. The summed E-state index contributed by atoms with van der Waals surface area (Å²) in [4.78, 5) is 16.9. The van der Waals surface area contributed by atoms with E-state index < -0.39 is 0 Å². The summed E-state index contributed by atoms with van der Waals surface area (Å²) in [7, 11) is 0. The zero-order valence-corrected chi connectivity index (χ0v) is 20.1. The summed E-state index contributed by atoms with van der Waals surface area (Å²) >= 11 is 0. The normalized spacial score (nSPS) is 17.6. The van der Waals surface area contributed by atoms with E-state index in [1.807, 2.05) is 6.20 Å². The van der Waals surface area contributed by atoms with Crippen molar-refractivity contribution in [3.8, 4) is 17.1 Å². The fourth-order valence-corrected chi connectivity index (χ4v) is 4.99. The van der Waals surface area contributed by atoms with Crippen molar-refractivity contribution < 1.29 is 9.47 Å². The van der Waals surface area contributed by atoms with Crippen molar-refractivity contribution in [1.82, 2.24) is 25.2 Å². The van der Waals surface area contributed by atoms with Gasteiger partial charge in [-0.1, -0.05) is 12.1 Å². The molecule has 3 N–H and O–H groups in total. The van der Waals surface area contributed by atoms with Crippen molar-refractivity contribution in [2.24, 2.45) is 0 Å². The van der Waals surface area contributed by atoms with Crippen molar-refractivity contribution in [1.29, 1.82) is 0 Å². The lowest BCUT2D eigenvalue weighted by atomic mass is 9.97. The molecule has 1 aromatic carbocycles. The van der Waals surface area contributed by atoms with Crippen molar-refractivity contribution >= 4 is 17.3 Å². The van der Waals surface area contributed by atoms with Gasteiger partial charge >= 0.3 is 0 Å². The molecule has 9 nitrogen and oxygen atoms in total. The van der Waals surface area contributed by atoms with Gasteiger partial charge in [-0.3, -0.25) is 4.90 Å². The number of morpholine rings is 1. The maximum atomic E-state index is 5.74. The van der Waals surface area contributed by atoms with Gasteiger partial charge in [0.05, 0.1) is 24.6 Å². The fourth-order valence-electron chi connectivity index (χ4n) is 4.99. The molecule has 1 saturated heterocycles. The molecular formula is C26H31N7O2. The highest BCUT2D eigenvalue weighted by molar-refractivity contribution is 5.77. The quantitative estimate of drug-likeness (QED) is 0.517. The van der Waals surface area contributed by atoms with Crippen molar-refractivity contribution in [2.75, 3.05) is 56.6 Å². The van der Waals surface area contributed by atoms with E-state index in [1.165, 1.54) is 11.1 Å². The summed E-state index contributed by atoms with van der Waals surface area (Å²) in [5.41, 5.74) is 8.51. The number of nitrogens with one attached hydrogen (secondary N) is 3. The molecule has 0 spiro atoms. The number of anilines is 3. The molecule has 0 unspecified atom stereocenters. The Balaban J connectivity index is 1.32. The second-order valence-electron chi connectivity index (χ2n) is 9.21. The Hall–Kier alpha value is -3.27. The maximum Gasteiger partial charge on any atom is 0.237 e. The summed E-state index contributed by atoms with van der Waals surface area (Å²) in [6.45, 7) is 9.61. The van der Waals surface area contributed by atoms with Crippen LogP contribution in [0, 0.1) is 6.92 Å². The Morgan fingerprint density at radius 3 is 2.94 bits per heavy atom. The largest absolute Gasteiger partial charge is 0.474 e. The molecule has 0 radical (unpaired) electrons. The van der Waals surface area contributed by atoms with Gasteiger partial charge in [-0.2, -0.15) is 0 Å². The monoisotopic (exact) mass is 473 g/mol. The number of hydrogen-bond donors (Lipinski definition) is 3. The summed E-state index contributed by atoms with van der Waals surface area (Å²) in [5.74, 6) is 1.27. The van der Waals surface area contributed by atoms with Crippen LogP contribution in [0.5, 0.6) is 5.88 Å². The van der Waals surface area contributed by atoms with Crippen LogP contribution in [0.4, 0.5) is 17.3 Å². The number of benzene rings is 1. The SMILES string of the molecule is Cc1c(-c2nc(Nc3cccc(CN4CCOCC4)c3)nc3c2CCNC3)cnc2c1NCCO2. The van der Waals surface area contributed by atoms with E-state index in [4.69, 9.17) is 19.4 Å². The smallest absolute Gasteiger partial charge is 0.237 e. The Labute approximate surface area is 205 Å². The van der Waals surface area contributed by atoms with Crippen LogP contribution in [0.2, 0.25) is 0 Å². The van der Waals surface area contributed by atoms with E-state index in [9.17, 15) is 0 Å². The lowest BCUT2D eigenvalue weighted by molar-refractivity contribution is 0.0342. The number of nitrogens with zero attached hydrogens (tertiary/aromatic N) is 4. The third kappa shape index (κ3) is 4.67. The minimum atomic E-state index is 0.604. The van der Waals surface area contributed by atoms with Crippen LogP contribution < -0.4 is 20.7 Å². The number of aromatic nitrogens is 3. The molecule has 6 rings (SSSR count). The first-order chi connectivity index (χ1) is 17.2. The van der Waals surface area contributed by atoms with Gasteiger partial charge in [-0.15, -0.1) is 0 Å². The number of fused-ring (bicyclic) bond motifs is 2. The van der Waals surface area contributed by atoms with E-state index in [2.05, 4.69) is 57.0 Å². The number of hydrogen-bond acceptors (Lipinski definition) is 9. The lowest BCUT2D eigenvalue weighted by Gasteiger charge is -2.26. The first-order valence-corrected chi connectivity index (χ1v) is 12.4. The van der Waals surface area contributed by atoms with E-state index in [1.54, 1.807) is 0 Å².